The molecule has 1 saturated carbocycles. The Balaban J connectivity index is 1.91. The van der Waals surface area contributed by atoms with E-state index in [4.69, 9.17) is 11.6 Å². The van der Waals surface area contributed by atoms with Crippen LogP contribution in [0.25, 0.3) is 0 Å². The van der Waals surface area contributed by atoms with E-state index in [0.29, 0.717) is 18.4 Å². The summed E-state index contributed by atoms with van der Waals surface area (Å²) in [4.78, 5) is 26.1. The van der Waals surface area contributed by atoms with Crippen molar-refractivity contribution >= 4 is 23.4 Å². The van der Waals surface area contributed by atoms with Gasteiger partial charge in [0.05, 0.1) is 11.6 Å². The van der Waals surface area contributed by atoms with Gasteiger partial charge in [0.25, 0.3) is 0 Å². The summed E-state index contributed by atoms with van der Waals surface area (Å²) < 4.78 is 13.6. The summed E-state index contributed by atoms with van der Waals surface area (Å²) in [6, 6.07) is 4.49. The maximum Gasteiger partial charge on any atom is 0.246 e. The molecule has 0 bridgehead atoms. The van der Waals surface area contributed by atoms with E-state index in [2.05, 4.69) is 5.32 Å². The molecule has 21 heavy (non-hydrogen) atoms. The number of piperazine rings is 1. The van der Waals surface area contributed by atoms with Gasteiger partial charge < -0.3 is 10.2 Å². The number of halogens is 2. The van der Waals surface area contributed by atoms with Crippen molar-refractivity contribution in [2.45, 2.75) is 37.8 Å². The lowest BCUT2D eigenvalue weighted by Gasteiger charge is -2.43. The van der Waals surface area contributed by atoms with Crippen LogP contribution in [0.5, 0.6) is 0 Å². The Bertz CT molecular complexity index is 599. The van der Waals surface area contributed by atoms with Gasteiger partial charge in [-0.25, -0.2) is 4.39 Å². The molecule has 1 aromatic carbocycles. The van der Waals surface area contributed by atoms with Crippen molar-refractivity contribution in [3.63, 3.8) is 0 Å². The molecule has 0 radical (unpaired) electrons. The monoisotopic (exact) mass is 310 g/mol. The lowest BCUT2D eigenvalue weighted by atomic mass is 9.90. The highest BCUT2D eigenvalue weighted by Crippen LogP contribution is 2.38. The number of hydrogen-bond donors (Lipinski definition) is 1. The summed E-state index contributed by atoms with van der Waals surface area (Å²) in [5.41, 5.74) is -0.114. The Morgan fingerprint density at radius 3 is 2.67 bits per heavy atom. The first-order valence-corrected chi connectivity index (χ1v) is 7.43. The highest BCUT2D eigenvalue weighted by atomic mass is 35.5. The predicted octanol–water partition coefficient (Wildman–Crippen LogP) is 2.25. The Morgan fingerprint density at radius 2 is 2.00 bits per heavy atom. The second-order valence-electron chi connectivity index (χ2n) is 5.65. The lowest BCUT2D eigenvalue weighted by molar-refractivity contribution is -0.154. The van der Waals surface area contributed by atoms with E-state index in [1.165, 1.54) is 12.1 Å². The first kappa shape index (κ1) is 14.3. The molecule has 1 heterocycles. The highest BCUT2D eigenvalue weighted by molar-refractivity contribution is 6.30. The first-order chi connectivity index (χ1) is 10.0. The van der Waals surface area contributed by atoms with Crippen LogP contribution in [-0.4, -0.2) is 28.8 Å². The van der Waals surface area contributed by atoms with E-state index < -0.39 is 11.4 Å². The van der Waals surface area contributed by atoms with E-state index in [9.17, 15) is 14.0 Å². The summed E-state index contributed by atoms with van der Waals surface area (Å²) >= 11 is 5.68. The molecule has 0 aromatic heterocycles. The van der Waals surface area contributed by atoms with Gasteiger partial charge in [-0.3, -0.25) is 9.59 Å². The molecule has 6 heteroatoms. The third-order valence-corrected chi connectivity index (χ3v) is 4.70. The number of carbonyl (C=O) groups is 2. The Morgan fingerprint density at radius 1 is 1.29 bits per heavy atom. The molecule has 1 aromatic rings. The lowest BCUT2D eigenvalue weighted by Crippen LogP contribution is -2.65. The maximum absolute atomic E-state index is 13.6. The van der Waals surface area contributed by atoms with E-state index in [1.54, 1.807) is 11.0 Å². The smallest absolute Gasteiger partial charge is 0.246 e. The van der Waals surface area contributed by atoms with Crippen LogP contribution in [0.2, 0.25) is 5.02 Å². The number of nitrogens with zero attached hydrogens (tertiary/aromatic N) is 1. The topological polar surface area (TPSA) is 49.4 Å². The van der Waals surface area contributed by atoms with Gasteiger partial charge in [0.15, 0.2) is 0 Å². The summed E-state index contributed by atoms with van der Waals surface area (Å²) in [6.45, 7) is 0.247. The number of nitrogens with one attached hydrogen (secondary N) is 1. The molecule has 1 aliphatic heterocycles. The van der Waals surface area contributed by atoms with Crippen LogP contribution < -0.4 is 5.32 Å². The van der Waals surface area contributed by atoms with Crippen LogP contribution in [0, 0.1) is 5.82 Å². The zero-order valence-corrected chi connectivity index (χ0v) is 12.3. The molecule has 1 aliphatic carbocycles. The minimum Gasteiger partial charge on any atom is -0.345 e. The molecule has 2 aliphatic rings. The summed E-state index contributed by atoms with van der Waals surface area (Å²) in [6.07, 6.45) is 3.18. The number of hydrogen-bond acceptors (Lipinski definition) is 2. The normalized spacial score (nSPS) is 21.0. The number of benzene rings is 1. The molecule has 112 valence electrons. The van der Waals surface area contributed by atoms with Gasteiger partial charge in [-0.2, -0.15) is 0 Å². The van der Waals surface area contributed by atoms with Crippen LogP contribution >= 0.6 is 11.6 Å². The standard InChI is InChI=1S/C15H16ClFN2O2/c16-11-4-3-10(7-12(11)17)9-19-13(20)8-18-14(21)15(19)5-1-2-6-15/h3-4,7H,1-2,5-6,8-9H2,(H,18,21). The van der Waals surface area contributed by atoms with Gasteiger partial charge in [-0.05, 0) is 30.5 Å². The molecule has 1 N–H and O–H groups in total. The quantitative estimate of drug-likeness (QED) is 0.911. The van der Waals surface area contributed by atoms with Crippen molar-refractivity contribution < 1.29 is 14.0 Å². The van der Waals surface area contributed by atoms with E-state index in [1.807, 2.05) is 0 Å². The van der Waals surface area contributed by atoms with Crippen LogP contribution in [0.3, 0.4) is 0 Å². The third-order valence-electron chi connectivity index (χ3n) is 4.40. The van der Waals surface area contributed by atoms with Crippen molar-refractivity contribution in [1.29, 1.82) is 0 Å². The summed E-state index contributed by atoms with van der Waals surface area (Å²) in [7, 11) is 0. The van der Waals surface area contributed by atoms with Crippen molar-refractivity contribution in [2.75, 3.05) is 6.54 Å². The highest BCUT2D eigenvalue weighted by Gasteiger charge is 2.50. The number of carbonyl (C=O) groups excluding carboxylic acids is 2. The van der Waals surface area contributed by atoms with Crippen LogP contribution in [-0.2, 0) is 16.1 Å². The molecular formula is C15H16ClFN2O2. The Hall–Kier alpha value is -1.62. The van der Waals surface area contributed by atoms with Gasteiger partial charge in [0, 0.05) is 6.54 Å². The summed E-state index contributed by atoms with van der Waals surface area (Å²) in [5, 5.41) is 2.73. The van der Waals surface area contributed by atoms with Gasteiger partial charge >= 0.3 is 0 Å². The van der Waals surface area contributed by atoms with Gasteiger partial charge in [0.2, 0.25) is 11.8 Å². The van der Waals surface area contributed by atoms with Crippen LogP contribution in [0.1, 0.15) is 31.2 Å². The van der Waals surface area contributed by atoms with Crippen molar-refractivity contribution in [3.8, 4) is 0 Å². The van der Waals surface area contributed by atoms with E-state index in [0.717, 1.165) is 12.8 Å². The van der Waals surface area contributed by atoms with Gasteiger partial charge in [-0.1, -0.05) is 30.5 Å². The maximum atomic E-state index is 13.6. The second kappa shape index (κ2) is 5.30. The second-order valence-corrected chi connectivity index (χ2v) is 6.06. The minimum atomic E-state index is -0.758. The van der Waals surface area contributed by atoms with Crippen molar-refractivity contribution in [3.05, 3.63) is 34.6 Å². The molecule has 0 unspecified atom stereocenters. The zero-order valence-electron chi connectivity index (χ0n) is 11.5. The average molecular weight is 311 g/mol. The fraction of sp³-hybridized carbons (Fsp3) is 0.467. The van der Waals surface area contributed by atoms with Gasteiger partial charge in [-0.15, -0.1) is 0 Å². The third kappa shape index (κ3) is 2.39. The minimum absolute atomic E-state index is 0.0106. The van der Waals surface area contributed by atoms with E-state index >= 15 is 0 Å². The van der Waals surface area contributed by atoms with Gasteiger partial charge in [0.1, 0.15) is 11.4 Å². The number of rotatable bonds is 2. The molecule has 2 fully saturated rings. The molecule has 4 nitrogen and oxygen atoms in total. The zero-order chi connectivity index (χ0) is 15.0. The Labute approximate surface area is 127 Å². The SMILES string of the molecule is O=C1CNC(=O)C2(CCCC2)N1Cc1ccc(Cl)c(F)c1. The molecule has 1 spiro atoms. The summed E-state index contributed by atoms with van der Waals surface area (Å²) in [5.74, 6) is -0.718. The van der Waals surface area contributed by atoms with Crippen LogP contribution in [0.4, 0.5) is 4.39 Å². The van der Waals surface area contributed by atoms with E-state index in [-0.39, 0.29) is 29.9 Å². The molecule has 3 rings (SSSR count). The Kier molecular flexibility index (Phi) is 3.61. The fourth-order valence-corrected chi connectivity index (χ4v) is 3.41. The molecular weight excluding hydrogens is 295 g/mol. The molecule has 0 atom stereocenters. The van der Waals surface area contributed by atoms with Crippen molar-refractivity contribution in [2.24, 2.45) is 0 Å². The van der Waals surface area contributed by atoms with Crippen LogP contribution in [0.15, 0.2) is 18.2 Å². The average Bonchev–Trinajstić information content (AvgIpc) is 2.94. The largest absolute Gasteiger partial charge is 0.345 e. The first-order valence-electron chi connectivity index (χ1n) is 7.06. The molecule has 2 amide bonds. The fourth-order valence-electron chi connectivity index (χ4n) is 3.29. The van der Waals surface area contributed by atoms with Crippen molar-refractivity contribution in [1.82, 2.24) is 10.2 Å². The predicted molar refractivity (Wildman–Crippen MR) is 76.2 cm³/mol. The molecule has 1 saturated heterocycles. The number of amides is 2.